The summed E-state index contributed by atoms with van der Waals surface area (Å²) in [6.45, 7) is 0.609. The molecule has 0 spiro atoms. The Hall–Kier alpha value is -2.35. The summed E-state index contributed by atoms with van der Waals surface area (Å²) in [4.78, 5) is 0. The number of hydrogen-bond donors (Lipinski definition) is 1. The van der Waals surface area contributed by atoms with Gasteiger partial charge in [-0.3, -0.25) is 9.40 Å². The molecule has 154 valence electrons. The maximum absolute atomic E-state index is 12.7. The highest BCUT2D eigenvalue weighted by Gasteiger charge is 2.39. The van der Waals surface area contributed by atoms with Crippen molar-refractivity contribution in [1.82, 2.24) is 14.9 Å². The first-order valence-corrected chi connectivity index (χ1v) is 11.6. The van der Waals surface area contributed by atoms with Crippen LogP contribution in [0, 0.1) is 17.8 Å². The van der Waals surface area contributed by atoms with Crippen LogP contribution in [0.3, 0.4) is 0 Å². The lowest BCUT2D eigenvalue weighted by atomic mass is 9.87. The van der Waals surface area contributed by atoms with Gasteiger partial charge in [-0.2, -0.15) is 5.10 Å². The molecule has 0 amide bonds. The van der Waals surface area contributed by atoms with Gasteiger partial charge < -0.3 is 9.26 Å². The number of aromatic nitrogens is 3. The Morgan fingerprint density at radius 1 is 1.34 bits per heavy atom. The standard InChI is InChI=1S/C21H26N4O3S/c1-27-18-11-15(13-25-7-2-6-22-25)12-19-20(18)21(23-28-19)24-29(26)8-5-17-10-14-3-4-16(17)9-14/h2,6-7,11-12,14,16-17H,3-5,8-10,13H2,1H3,(H,23,24). The van der Waals surface area contributed by atoms with Gasteiger partial charge in [0.1, 0.15) is 22.1 Å². The van der Waals surface area contributed by atoms with Crippen molar-refractivity contribution in [2.75, 3.05) is 17.6 Å². The van der Waals surface area contributed by atoms with Gasteiger partial charge in [-0.15, -0.1) is 0 Å². The van der Waals surface area contributed by atoms with E-state index in [0.717, 1.165) is 35.1 Å². The molecule has 2 fully saturated rings. The van der Waals surface area contributed by atoms with Gasteiger partial charge in [0, 0.05) is 18.1 Å². The first-order valence-electron chi connectivity index (χ1n) is 10.3. The van der Waals surface area contributed by atoms with Crippen LogP contribution in [0.15, 0.2) is 35.1 Å². The summed E-state index contributed by atoms with van der Waals surface area (Å²) >= 11 is 0. The maximum atomic E-state index is 12.7. The van der Waals surface area contributed by atoms with Gasteiger partial charge in [-0.25, -0.2) is 4.21 Å². The average Bonchev–Trinajstić information content (AvgIpc) is 3.51. The minimum absolute atomic E-state index is 0.480. The Morgan fingerprint density at radius 3 is 3.00 bits per heavy atom. The molecule has 1 N–H and O–H groups in total. The molecule has 0 aliphatic heterocycles. The Kier molecular flexibility index (Phi) is 5.03. The number of nitrogens with zero attached hydrogens (tertiary/aromatic N) is 3. The summed E-state index contributed by atoms with van der Waals surface area (Å²) < 4.78 is 28.6. The second kappa shape index (κ2) is 7.82. The Labute approximate surface area is 172 Å². The first kappa shape index (κ1) is 18.7. The number of ether oxygens (including phenoxy) is 1. The van der Waals surface area contributed by atoms with Gasteiger partial charge in [-0.05, 0) is 67.2 Å². The smallest absolute Gasteiger partial charge is 0.192 e. The lowest BCUT2D eigenvalue weighted by molar-refractivity contribution is 0.326. The zero-order chi connectivity index (χ0) is 19.8. The number of hydrogen-bond acceptors (Lipinski definition) is 5. The maximum Gasteiger partial charge on any atom is 0.192 e. The van der Waals surface area contributed by atoms with Crippen molar-refractivity contribution < 1.29 is 13.5 Å². The molecule has 2 saturated carbocycles. The van der Waals surface area contributed by atoms with E-state index >= 15 is 0 Å². The molecule has 2 aromatic heterocycles. The Bertz CT molecular complexity index is 1020. The molecule has 3 aromatic rings. The second-order valence-electron chi connectivity index (χ2n) is 8.28. The number of rotatable bonds is 8. The molecular weight excluding hydrogens is 388 g/mol. The third-order valence-electron chi connectivity index (χ3n) is 6.49. The van der Waals surface area contributed by atoms with Gasteiger partial charge in [0.05, 0.1) is 13.7 Å². The SMILES string of the molecule is COc1cc(Cn2cccn2)cc2onc(NS(=O)CCC3CC4CCC3C4)c12. The van der Waals surface area contributed by atoms with Crippen LogP contribution in [0.1, 0.15) is 37.7 Å². The topological polar surface area (TPSA) is 82.2 Å². The van der Waals surface area contributed by atoms with Crippen molar-refractivity contribution in [1.29, 1.82) is 0 Å². The fourth-order valence-corrected chi connectivity index (χ4v) is 6.11. The van der Waals surface area contributed by atoms with Crippen molar-refractivity contribution >= 4 is 27.8 Å². The molecule has 2 aliphatic rings. The van der Waals surface area contributed by atoms with E-state index in [1.54, 1.807) is 13.3 Å². The summed E-state index contributed by atoms with van der Waals surface area (Å²) in [7, 11) is 0.433. The van der Waals surface area contributed by atoms with Crippen LogP contribution in [-0.2, 0) is 17.5 Å². The monoisotopic (exact) mass is 414 g/mol. The van der Waals surface area contributed by atoms with E-state index in [0.29, 0.717) is 29.4 Å². The van der Waals surface area contributed by atoms with Gasteiger partial charge >= 0.3 is 0 Å². The normalized spacial score (nSPS) is 24.2. The molecule has 2 aliphatic carbocycles. The third-order valence-corrected chi connectivity index (χ3v) is 7.52. The summed E-state index contributed by atoms with van der Waals surface area (Å²) in [6, 6.07) is 5.76. The van der Waals surface area contributed by atoms with E-state index in [4.69, 9.17) is 9.26 Å². The molecule has 0 saturated heterocycles. The van der Waals surface area contributed by atoms with Crippen LogP contribution in [0.2, 0.25) is 0 Å². The van der Waals surface area contributed by atoms with Gasteiger partial charge in [-0.1, -0.05) is 11.6 Å². The molecule has 4 unspecified atom stereocenters. The fourth-order valence-electron chi connectivity index (χ4n) is 5.14. The van der Waals surface area contributed by atoms with Gasteiger partial charge in [0.25, 0.3) is 0 Å². The molecule has 8 heteroatoms. The minimum atomic E-state index is -1.19. The van der Waals surface area contributed by atoms with Crippen LogP contribution in [0.25, 0.3) is 11.0 Å². The molecule has 5 rings (SSSR count). The predicted octanol–water partition coefficient (Wildman–Crippen LogP) is 3.98. The summed E-state index contributed by atoms with van der Waals surface area (Å²) in [5, 5.41) is 9.08. The number of anilines is 1. The van der Waals surface area contributed by atoms with E-state index in [-0.39, 0.29) is 0 Å². The van der Waals surface area contributed by atoms with E-state index in [1.165, 1.54) is 25.7 Å². The van der Waals surface area contributed by atoms with Crippen molar-refractivity contribution in [3.8, 4) is 5.75 Å². The summed E-state index contributed by atoms with van der Waals surface area (Å²) in [5.74, 6) is 4.30. The van der Waals surface area contributed by atoms with E-state index < -0.39 is 11.0 Å². The lowest BCUT2D eigenvalue weighted by Gasteiger charge is -2.21. The highest BCUT2D eigenvalue weighted by Crippen LogP contribution is 2.49. The molecule has 2 bridgehead atoms. The molecule has 0 radical (unpaired) electrons. The van der Waals surface area contributed by atoms with Crippen molar-refractivity contribution in [2.24, 2.45) is 17.8 Å². The molecular formula is C21H26N4O3S. The average molecular weight is 415 g/mol. The third kappa shape index (κ3) is 3.77. The number of nitrogens with one attached hydrogen (secondary N) is 1. The zero-order valence-electron chi connectivity index (χ0n) is 16.5. The van der Waals surface area contributed by atoms with Crippen LogP contribution in [0.5, 0.6) is 5.75 Å². The van der Waals surface area contributed by atoms with Crippen molar-refractivity contribution in [3.05, 3.63) is 36.2 Å². The van der Waals surface area contributed by atoms with Crippen LogP contribution >= 0.6 is 0 Å². The fraction of sp³-hybridized carbons (Fsp3) is 0.524. The highest BCUT2D eigenvalue weighted by molar-refractivity contribution is 7.86. The van der Waals surface area contributed by atoms with E-state index in [1.807, 2.05) is 29.1 Å². The van der Waals surface area contributed by atoms with Crippen molar-refractivity contribution in [2.45, 2.75) is 38.6 Å². The van der Waals surface area contributed by atoms with Crippen LogP contribution in [0.4, 0.5) is 5.82 Å². The quantitative estimate of drug-likeness (QED) is 0.603. The van der Waals surface area contributed by atoms with Crippen molar-refractivity contribution in [3.63, 3.8) is 0 Å². The molecule has 2 heterocycles. The Morgan fingerprint density at radius 2 is 2.28 bits per heavy atom. The zero-order valence-corrected chi connectivity index (χ0v) is 17.4. The van der Waals surface area contributed by atoms with E-state index in [2.05, 4.69) is 15.0 Å². The molecule has 7 nitrogen and oxygen atoms in total. The predicted molar refractivity (Wildman–Crippen MR) is 112 cm³/mol. The minimum Gasteiger partial charge on any atom is -0.496 e. The second-order valence-corrected chi connectivity index (χ2v) is 9.58. The summed E-state index contributed by atoms with van der Waals surface area (Å²) in [6.07, 6.45) is 10.1. The number of fused-ring (bicyclic) bond motifs is 3. The Balaban J connectivity index is 1.29. The van der Waals surface area contributed by atoms with Crippen LogP contribution < -0.4 is 9.46 Å². The lowest BCUT2D eigenvalue weighted by Crippen LogP contribution is -2.16. The molecule has 4 atom stereocenters. The van der Waals surface area contributed by atoms with Gasteiger partial charge in [0.2, 0.25) is 0 Å². The number of benzene rings is 1. The van der Waals surface area contributed by atoms with E-state index in [9.17, 15) is 4.21 Å². The summed E-state index contributed by atoms with van der Waals surface area (Å²) in [5.41, 5.74) is 1.61. The highest BCUT2D eigenvalue weighted by atomic mass is 32.2. The first-order chi connectivity index (χ1) is 14.2. The number of methoxy groups -OCH3 is 1. The molecule has 29 heavy (non-hydrogen) atoms. The molecule has 1 aromatic carbocycles. The van der Waals surface area contributed by atoms with Crippen LogP contribution in [-0.4, -0.2) is 32.0 Å². The largest absolute Gasteiger partial charge is 0.496 e. The van der Waals surface area contributed by atoms with Gasteiger partial charge in [0.15, 0.2) is 11.4 Å².